The number of aliphatic imine (C=N–C) groups is 1. The van der Waals surface area contributed by atoms with Crippen LogP contribution in [0.3, 0.4) is 0 Å². The van der Waals surface area contributed by atoms with Crippen molar-refractivity contribution in [1.29, 1.82) is 0 Å². The molecule has 3 N–H and O–H groups in total. The van der Waals surface area contributed by atoms with Crippen molar-refractivity contribution in [3.05, 3.63) is 36.2 Å². The van der Waals surface area contributed by atoms with E-state index in [0.717, 1.165) is 43.5 Å². The molecule has 1 heterocycles. The van der Waals surface area contributed by atoms with Gasteiger partial charge in [-0.2, -0.15) is 4.98 Å². The molecule has 0 spiro atoms. The second-order valence-corrected chi connectivity index (χ2v) is 6.22. The van der Waals surface area contributed by atoms with Crippen molar-refractivity contribution >= 4 is 18.5 Å². The first-order valence-corrected chi connectivity index (χ1v) is 9.36. The van der Waals surface area contributed by atoms with E-state index in [4.69, 9.17) is 5.73 Å². The molecular weight excluding hydrogens is 310 g/mol. The molecular formula is C20H33N5. The molecule has 0 aliphatic heterocycles. The summed E-state index contributed by atoms with van der Waals surface area (Å²) in [5, 5.41) is 3.61. The summed E-state index contributed by atoms with van der Waals surface area (Å²) < 4.78 is 0. The number of nitrogens with two attached hydrogens (primary N) is 1. The van der Waals surface area contributed by atoms with Gasteiger partial charge >= 0.3 is 0 Å². The molecule has 0 fully saturated rings. The highest BCUT2D eigenvalue weighted by atomic mass is 15.1. The molecule has 0 aliphatic carbocycles. The summed E-state index contributed by atoms with van der Waals surface area (Å²) in [6, 6.07) is 0.453. The quantitative estimate of drug-likeness (QED) is 0.303. The van der Waals surface area contributed by atoms with Gasteiger partial charge in [-0.3, -0.25) is 4.99 Å². The zero-order valence-electron chi connectivity index (χ0n) is 15.7. The number of aryl methyl sites for hydroxylation is 1. The summed E-state index contributed by atoms with van der Waals surface area (Å²) in [6.07, 6.45) is 18.4. The van der Waals surface area contributed by atoms with Crippen molar-refractivity contribution in [3.8, 4) is 0 Å². The Morgan fingerprint density at radius 1 is 1.24 bits per heavy atom. The predicted molar refractivity (Wildman–Crippen MR) is 109 cm³/mol. The van der Waals surface area contributed by atoms with Crippen LogP contribution in [0.1, 0.15) is 64.4 Å². The summed E-state index contributed by atoms with van der Waals surface area (Å²) in [5.41, 5.74) is 6.95. The second kappa shape index (κ2) is 13.2. The molecule has 1 aromatic rings. The van der Waals surface area contributed by atoms with Gasteiger partial charge in [-0.1, -0.05) is 45.3 Å². The Morgan fingerprint density at radius 3 is 2.80 bits per heavy atom. The first-order valence-electron chi connectivity index (χ1n) is 9.36. The smallest absolute Gasteiger partial charge is 0.221 e. The molecule has 0 unspecified atom stereocenters. The van der Waals surface area contributed by atoms with E-state index in [1.165, 1.54) is 19.3 Å². The fourth-order valence-corrected chi connectivity index (χ4v) is 2.71. The van der Waals surface area contributed by atoms with Crippen LogP contribution in [0.5, 0.6) is 0 Å². The van der Waals surface area contributed by atoms with Crippen LogP contribution >= 0.6 is 0 Å². The Morgan fingerprint density at radius 2 is 2.08 bits per heavy atom. The minimum atomic E-state index is 0.332. The third-order valence-corrected chi connectivity index (χ3v) is 4.02. The number of aromatic nitrogens is 2. The van der Waals surface area contributed by atoms with Gasteiger partial charge in [0.25, 0.3) is 0 Å². The van der Waals surface area contributed by atoms with E-state index >= 15 is 0 Å². The summed E-state index contributed by atoms with van der Waals surface area (Å²) in [5.74, 6) is 1.24. The number of nitrogen functional groups attached to an aromatic ring is 1. The van der Waals surface area contributed by atoms with Gasteiger partial charge in [0.2, 0.25) is 5.95 Å². The maximum atomic E-state index is 5.81. The molecule has 1 aromatic heterocycles. The topological polar surface area (TPSA) is 76.2 Å². The molecule has 0 amide bonds. The van der Waals surface area contributed by atoms with Crippen LogP contribution in [0, 0.1) is 0 Å². The zero-order valence-corrected chi connectivity index (χ0v) is 15.7. The SMILES string of the molecule is C=N/C=C\C=C/CCCc1cnc(N)nc1N[C@H](CCC)CCCC. The maximum absolute atomic E-state index is 5.81. The van der Waals surface area contributed by atoms with Crippen LogP contribution in [-0.2, 0) is 6.42 Å². The number of allylic oxidation sites excluding steroid dienone is 3. The van der Waals surface area contributed by atoms with Crippen LogP contribution in [0.2, 0.25) is 0 Å². The number of rotatable bonds is 13. The fraction of sp³-hybridized carbons (Fsp3) is 0.550. The third kappa shape index (κ3) is 9.03. The van der Waals surface area contributed by atoms with Gasteiger partial charge in [-0.25, -0.2) is 4.98 Å². The number of anilines is 2. The lowest BCUT2D eigenvalue weighted by Gasteiger charge is -2.20. The molecule has 0 radical (unpaired) electrons. The number of hydrogen-bond donors (Lipinski definition) is 2. The first kappa shape index (κ1) is 20.9. The maximum Gasteiger partial charge on any atom is 0.221 e. The summed E-state index contributed by atoms with van der Waals surface area (Å²) in [6.45, 7) is 7.85. The zero-order chi connectivity index (χ0) is 18.3. The van der Waals surface area contributed by atoms with E-state index < -0.39 is 0 Å². The van der Waals surface area contributed by atoms with Crippen molar-refractivity contribution in [2.24, 2.45) is 4.99 Å². The highest BCUT2D eigenvalue weighted by Crippen LogP contribution is 2.20. The van der Waals surface area contributed by atoms with E-state index in [9.17, 15) is 0 Å². The Kier molecular flexibility index (Phi) is 11.0. The van der Waals surface area contributed by atoms with E-state index in [1.54, 1.807) is 6.20 Å². The van der Waals surface area contributed by atoms with Gasteiger partial charge in [0.15, 0.2) is 0 Å². The summed E-state index contributed by atoms with van der Waals surface area (Å²) in [4.78, 5) is 12.3. The highest BCUT2D eigenvalue weighted by molar-refractivity contribution is 5.46. The molecule has 1 atom stereocenters. The number of hydrogen-bond acceptors (Lipinski definition) is 5. The Labute approximate surface area is 152 Å². The van der Waals surface area contributed by atoms with Gasteiger partial charge in [-0.05, 0) is 44.9 Å². The van der Waals surface area contributed by atoms with E-state index in [0.29, 0.717) is 12.0 Å². The molecule has 5 heteroatoms. The van der Waals surface area contributed by atoms with Crippen molar-refractivity contribution in [2.75, 3.05) is 11.1 Å². The molecule has 0 aliphatic rings. The van der Waals surface area contributed by atoms with Gasteiger partial charge in [-0.15, -0.1) is 0 Å². The Bertz CT molecular complexity index is 551. The van der Waals surface area contributed by atoms with E-state index in [-0.39, 0.29) is 0 Å². The van der Waals surface area contributed by atoms with Crippen LogP contribution in [-0.4, -0.2) is 22.7 Å². The largest absolute Gasteiger partial charge is 0.368 e. The van der Waals surface area contributed by atoms with Crippen molar-refractivity contribution in [3.63, 3.8) is 0 Å². The Hall–Kier alpha value is -2.17. The van der Waals surface area contributed by atoms with Crippen LogP contribution in [0.4, 0.5) is 11.8 Å². The predicted octanol–water partition coefficient (Wildman–Crippen LogP) is 4.92. The standard InChI is InChI=1S/C20H33N5/c1-4-6-14-18(12-5-2)24-19-17(16-23-20(21)25-19)13-10-8-7-9-11-15-22-3/h7,9,11,15-16,18H,3-6,8,10,12-14H2,1-2H3,(H3,21,23,24,25)/b9-7-,15-11-/t18-/m1/s1. The minimum Gasteiger partial charge on any atom is -0.368 e. The highest BCUT2D eigenvalue weighted by Gasteiger charge is 2.12. The summed E-state index contributed by atoms with van der Waals surface area (Å²) >= 11 is 0. The fourth-order valence-electron chi connectivity index (χ4n) is 2.71. The van der Waals surface area contributed by atoms with Gasteiger partial charge in [0.05, 0.1) is 0 Å². The van der Waals surface area contributed by atoms with E-state index in [1.807, 2.05) is 18.3 Å². The normalized spacial score (nSPS) is 12.7. The minimum absolute atomic E-state index is 0.332. The average Bonchev–Trinajstić information content (AvgIpc) is 2.60. The number of nitrogens with one attached hydrogen (secondary N) is 1. The molecule has 0 saturated heterocycles. The molecule has 5 nitrogen and oxygen atoms in total. The van der Waals surface area contributed by atoms with Gasteiger partial charge in [0.1, 0.15) is 5.82 Å². The molecule has 0 saturated carbocycles. The lowest BCUT2D eigenvalue weighted by atomic mass is 10.0. The first-order chi connectivity index (χ1) is 12.2. The Balaban J connectivity index is 2.65. The van der Waals surface area contributed by atoms with Gasteiger partial charge < -0.3 is 11.1 Å². The molecule has 138 valence electrons. The lowest BCUT2D eigenvalue weighted by molar-refractivity contribution is 0.562. The van der Waals surface area contributed by atoms with Crippen LogP contribution in [0.15, 0.2) is 35.6 Å². The van der Waals surface area contributed by atoms with Crippen LogP contribution in [0.25, 0.3) is 0 Å². The molecule has 25 heavy (non-hydrogen) atoms. The van der Waals surface area contributed by atoms with Crippen molar-refractivity contribution < 1.29 is 0 Å². The number of nitrogens with zero attached hydrogens (tertiary/aromatic N) is 3. The molecule has 0 aromatic carbocycles. The summed E-state index contributed by atoms with van der Waals surface area (Å²) in [7, 11) is 0. The lowest BCUT2D eigenvalue weighted by Crippen LogP contribution is -2.21. The van der Waals surface area contributed by atoms with Crippen molar-refractivity contribution in [2.45, 2.75) is 71.3 Å². The number of unbranched alkanes of at least 4 members (excludes halogenated alkanes) is 2. The van der Waals surface area contributed by atoms with Crippen LogP contribution < -0.4 is 11.1 Å². The third-order valence-electron chi connectivity index (χ3n) is 4.02. The monoisotopic (exact) mass is 343 g/mol. The van der Waals surface area contributed by atoms with Gasteiger partial charge in [0, 0.05) is 24.0 Å². The second-order valence-electron chi connectivity index (χ2n) is 6.22. The van der Waals surface area contributed by atoms with E-state index in [2.05, 4.69) is 46.9 Å². The van der Waals surface area contributed by atoms with Crippen molar-refractivity contribution in [1.82, 2.24) is 9.97 Å². The molecule has 1 rings (SSSR count). The average molecular weight is 344 g/mol. The molecule has 0 bridgehead atoms.